The molecule has 0 saturated carbocycles. The maximum Gasteiger partial charge on any atom is 0.185 e. The third kappa shape index (κ3) is 7.55. The molecule has 0 aliphatic rings. The van der Waals surface area contributed by atoms with E-state index in [-0.39, 0.29) is 22.5 Å². The molecule has 0 heterocycles. The van der Waals surface area contributed by atoms with Gasteiger partial charge < -0.3 is 5.32 Å². The van der Waals surface area contributed by atoms with Crippen LogP contribution >= 0.6 is 12.6 Å². The molecule has 0 unspecified atom stereocenters. The molecule has 0 fully saturated rings. The highest BCUT2D eigenvalue weighted by Crippen LogP contribution is 2.20. The van der Waals surface area contributed by atoms with Crippen molar-refractivity contribution in [3.63, 3.8) is 0 Å². The van der Waals surface area contributed by atoms with Crippen LogP contribution in [0.15, 0.2) is 0 Å². The minimum absolute atomic E-state index is 0.141. The van der Waals surface area contributed by atoms with Gasteiger partial charge in [-0.1, -0.05) is 20.8 Å². The van der Waals surface area contributed by atoms with Crippen molar-refractivity contribution < 1.29 is 9.59 Å². The maximum absolute atomic E-state index is 12.3. The Morgan fingerprint density at radius 3 is 1.88 bits per heavy atom. The minimum Gasteiger partial charge on any atom is -0.303 e. The van der Waals surface area contributed by atoms with E-state index in [0.29, 0.717) is 12.8 Å². The third-order valence-electron chi connectivity index (χ3n) is 2.31. The molecular formula is C13H25NO2S. The van der Waals surface area contributed by atoms with Crippen LogP contribution in [0.25, 0.3) is 0 Å². The van der Waals surface area contributed by atoms with E-state index in [1.807, 2.05) is 41.5 Å². The lowest BCUT2D eigenvalue weighted by atomic mass is 9.84. The van der Waals surface area contributed by atoms with Gasteiger partial charge in [0.05, 0.1) is 6.04 Å². The number of carbonyl (C=O) groups excluding carboxylic acids is 2. The summed E-state index contributed by atoms with van der Waals surface area (Å²) in [6.07, 6.45) is 0.828. The SMILES string of the molecule is CC(C)(C)N[C@@H](CCC(=O)S)C(=O)C(C)(C)C. The Bertz CT molecular complexity index is 287. The van der Waals surface area contributed by atoms with Crippen LogP contribution in [-0.4, -0.2) is 22.5 Å². The molecule has 1 N–H and O–H groups in total. The highest BCUT2D eigenvalue weighted by molar-refractivity contribution is 7.96. The molecule has 0 aromatic rings. The Hall–Kier alpha value is -0.350. The average molecular weight is 259 g/mol. The standard InChI is InChI=1S/C13H25NO2S/c1-12(2,3)11(16)9(7-8-10(15)17)14-13(4,5)6/h9,14H,7-8H2,1-6H3,(H,15,17)/t9-/m0/s1. The van der Waals surface area contributed by atoms with Crippen LogP contribution in [0.5, 0.6) is 0 Å². The summed E-state index contributed by atoms with van der Waals surface area (Å²) >= 11 is 3.75. The Balaban J connectivity index is 4.73. The van der Waals surface area contributed by atoms with E-state index in [4.69, 9.17) is 0 Å². The lowest BCUT2D eigenvalue weighted by Crippen LogP contribution is -2.50. The highest BCUT2D eigenvalue weighted by atomic mass is 32.1. The molecule has 17 heavy (non-hydrogen) atoms. The Labute approximate surface area is 110 Å². The molecule has 0 aliphatic carbocycles. The molecule has 0 aromatic carbocycles. The van der Waals surface area contributed by atoms with Gasteiger partial charge in [-0.3, -0.25) is 9.59 Å². The Kier molecular flexibility index (Phi) is 5.88. The highest BCUT2D eigenvalue weighted by Gasteiger charge is 2.31. The van der Waals surface area contributed by atoms with E-state index in [2.05, 4.69) is 17.9 Å². The summed E-state index contributed by atoms with van der Waals surface area (Å²) in [5, 5.41) is 3.11. The van der Waals surface area contributed by atoms with Gasteiger partial charge in [-0.25, -0.2) is 0 Å². The van der Waals surface area contributed by atoms with Crippen LogP contribution in [0.4, 0.5) is 0 Å². The second-order valence-corrected chi connectivity index (χ2v) is 6.99. The summed E-state index contributed by atoms with van der Waals surface area (Å²) in [5.74, 6) is 0.141. The van der Waals surface area contributed by atoms with Crippen molar-refractivity contribution in [2.24, 2.45) is 5.41 Å². The van der Waals surface area contributed by atoms with Gasteiger partial charge in [0, 0.05) is 17.4 Å². The van der Waals surface area contributed by atoms with Gasteiger partial charge in [0.15, 0.2) is 10.9 Å². The van der Waals surface area contributed by atoms with Crippen molar-refractivity contribution in [3.05, 3.63) is 0 Å². The molecule has 0 saturated heterocycles. The van der Waals surface area contributed by atoms with E-state index >= 15 is 0 Å². The van der Waals surface area contributed by atoms with Crippen LogP contribution in [-0.2, 0) is 9.59 Å². The van der Waals surface area contributed by atoms with Crippen molar-refractivity contribution in [3.8, 4) is 0 Å². The lowest BCUT2D eigenvalue weighted by Gasteiger charge is -2.31. The zero-order valence-electron chi connectivity index (χ0n) is 11.8. The predicted octanol–water partition coefficient (Wildman–Crippen LogP) is 2.59. The first-order valence-electron chi connectivity index (χ1n) is 5.97. The van der Waals surface area contributed by atoms with Crippen molar-refractivity contribution in [1.29, 1.82) is 0 Å². The van der Waals surface area contributed by atoms with Gasteiger partial charge in [0.25, 0.3) is 0 Å². The van der Waals surface area contributed by atoms with E-state index in [9.17, 15) is 9.59 Å². The maximum atomic E-state index is 12.3. The van der Waals surface area contributed by atoms with E-state index in [1.165, 1.54) is 0 Å². The van der Waals surface area contributed by atoms with E-state index < -0.39 is 5.41 Å². The first kappa shape index (κ1) is 16.6. The molecule has 0 aliphatic heterocycles. The normalized spacial score (nSPS) is 14.5. The molecule has 0 rings (SSSR count). The number of hydrogen-bond acceptors (Lipinski definition) is 3. The van der Waals surface area contributed by atoms with Crippen LogP contribution in [0.2, 0.25) is 0 Å². The van der Waals surface area contributed by atoms with Crippen molar-refractivity contribution in [1.82, 2.24) is 5.32 Å². The molecule has 0 radical (unpaired) electrons. The molecule has 1 atom stereocenters. The number of carbonyl (C=O) groups is 2. The smallest absolute Gasteiger partial charge is 0.185 e. The lowest BCUT2D eigenvalue weighted by molar-refractivity contribution is -0.129. The van der Waals surface area contributed by atoms with E-state index in [1.54, 1.807) is 0 Å². The summed E-state index contributed by atoms with van der Waals surface area (Å²) in [4.78, 5) is 23.2. The van der Waals surface area contributed by atoms with Gasteiger partial charge in [0.2, 0.25) is 0 Å². The fraction of sp³-hybridized carbons (Fsp3) is 0.846. The van der Waals surface area contributed by atoms with Gasteiger partial charge in [-0.05, 0) is 27.2 Å². The molecule has 4 heteroatoms. The third-order valence-corrected chi connectivity index (χ3v) is 2.53. The molecule has 0 spiro atoms. The van der Waals surface area contributed by atoms with Crippen molar-refractivity contribution in [2.75, 3.05) is 0 Å². The number of thiol groups is 1. The average Bonchev–Trinajstić information content (AvgIpc) is 2.07. The predicted molar refractivity (Wildman–Crippen MR) is 74.4 cm³/mol. The summed E-state index contributed by atoms with van der Waals surface area (Å²) in [6, 6.07) is -0.286. The van der Waals surface area contributed by atoms with Gasteiger partial charge in [-0.2, -0.15) is 0 Å². The fourth-order valence-electron chi connectivity index (χ4n) is 1.58. The molecule has 0 bridgehead atoms. The number of rotatable bonds is 5. The quantitative estimate of drug-likeness (QED) is 0.746. The Morgan fingerprint density at radius 1 is 1.12 bits per heavy atom. The summed E-state index contributed by atoms with van der Waals surface area (Å²) in [6.45, 7) is 11.7. The van der Waals surface area contributed by atoms with Gasteiger partial charge in [-0.15, -0.1) is 12.6 Å². The van der Waals surface area contributed by atoms with Crippen LogP contribution in [0.3, 0.4) is 0 Å². The summed E-state index contributed by atoms with van der Waals surface area (Å²) in [7, 11) is 0. The van der Waals surface area contributed by atoms with Crippen LogP contribution in [0.1, 0.15) is 54.4 Å². The molecule has 0 amide bonds. The first-order valence-corrected chi connectivity index (χ1v) is 6.42. The van der Waals surface area contributed by atoms with Crippen molar-refractivity contribution in [2.45, 2.75) is 66.0 Å². The second-order valence-electron chi connectivity index (χ2n) is 6.49. The number of nitrogens with one attached hydrogen (secondary N) is 1. The first-order chi connectivity index (χ1) is 7.43. The number of hydrogen-bond donors (Lipinski definition) is 2. The van der Waals surface area contributed by atoms with Crippen LogP contribution in [0, 0.1) is 5.41 Å². The topological polar surface area (TPSA) is 46.2 Å². The van der Waals surface area contributed by atoms with Gasteiger partial charge in [0.1, 0.15) is 0 Å². The second kappa shape index (κ2) is 6.01. The number of ketones is 1. The molecule has 0 aromatic heterocycles. The number of Topliss-reactive ketones (excluding diaryl/α,β-unsaturated/α-hetero) is 1. The zero-order valence-corrected chi connectivity index (χ0v) is 12.6. The van der Waals surface area contributed by atoms with Crippen molar-refractivity contribution >= 4 is 23.5 Å². The summed E-state index contributed by atoms with van der Waals surface area (Å²) < 4.78 is 0. The molecule has 3 nitrogen and oxygen atoms in total. The molecular weight excluding hydrogens is 234 g/mol. The molecule has 100 valence electrons. The largest absolute Gasteiger partial charge is 0.303 e. The Morgan fingerprint density at radius 2 is 1.59 bits per heavy atom. The minimum atomic E-state index is -0.400. The fourth-order valence-corrected chi connectivity index (χ4v) is 1.71. The summed E-state index contributed by atoms with van der Waals surface area (Å²) in [5.41, 5.74) is -0.548. The van der Waals surface area contributed by atoms with E-state index in [0.717, 1.165) is 0 Å². The van der Waals surface area contributed by atoms with Gasteiger partial charge >= 0.3 is 0 Å². The van der Waals surface area contributed by atoms with Crippen LogP contribution < -0.4 is 5.32 Å². The zero-order chi connectivity index (χ0) is 13.9. The monoisotopic (exact) mass is 259 g/mol.